The molecule has 19 heavy (non-hydrogen) atoms. The highest BCUT2D eigenvalue weighted by molar-refractivity contribution is 5.97. The second kappa shape index (κ2) is 5.99. The van der Waals surface area contributed by atoms with E-state index in [0.29, 0.717) is 24.8 Å². The van der Waals surface area contributed by atoms with Crippen LogP contribution in [0.25, 0.3) is 0 Å². The van der Waals surface area contributed by atoms with Gasteiger partial charge in [-0.2, -0.15) is 0 Å². The van der Waals surface area contributed by atoms with Gasteiger partial charge in [-0.05, 0) is 19.5 Å². The second-order valence-electron chi connectivity index (χ2n) is 4.70. The fourth-order valence-electron chi connectivity index (χ4n) is 2.22. The molecule has 1 aliphatic rings. The molecule has 104 valence electrons. The van der Waals surface area contributed by atoms with E-state index in [2.05, 4.69) is 10.1 Å². The molecule has 6 heteroatoms. The molecule has 0 spiro atoms. The Bertz CT molecular complexity index is 473. The SMILES string of the molecule is CN(Cc1cccc(/C(N)=N/O)c1F)C1CCOC1. The highest BCUT2D eigenvalue weighted by Crippen LogP contribution is 2.18. The third kappa shape index (κ3) is 3.02. The van der Waals surface area contributed by atoms with Gasteiger partial charge in [-0.1, -0.05) is 17.3 Å². The van der Waals surface area contributed by atoms with Gasteiger partial charge in [0.05, 0.1) is 12.2 Å². The standard InChI is InChI=1S/C13H18FN3O2/c1-17(10-5-6-19-8-10)7-9-3-2-4-11(12(9)14)13(15)16-18/h2-4,10,18H,5-8H2,1H3,(H2,15,16). The summed E-state index contributed by atoms with van der Waals surface area (Å²) in [7, 11) is 1.94. The third-order valence-corrected chi connectivity index (χ3v) is 3.41. The minimum absolute atomic E-state index is 0.121. The third-order valence-electron chi connectivity index (χ3n) is 3.41. The van der Waals surface area contributed by atoms with Crippen molar-refractivity contribution in [2.45, 2.75) is 19.0 Å². The van der Waals surface area contributed by atoms with Crippen molar-refractivity contribution < 1.29 is 14.3 Å². The van der Waals surface area contributed by atoms with Gasteiger partial charge in [0, 0.05) is 24.8 Å². The maximum atomic E-state index is 14.2. The Kier molecular flexibility index (Phi) is 4.34. The van der Waals surface area contributed by atoms with Crippen molar-refractivity contribution in [3.63, 3.8) is 0 Å². The number of nitrogens with zero attached hydrogens (tertiary/aromatic N) is 2. The highest BCUT2D eigenvalue weighted by atomic mass is 19.1. The first-order valence-electron chi connectivity index (χ1n) is 6.16. The van der Waals surface area contributed by atoms with E-state index >= 15 is 0 Å². The predicted octanol–water partition coefficient (Wildman–Crippen LogP) is 1.14. The quantitative estimate of drug-likeness (QED) is 0.371. The molecule has 1 aromatic rings. The Balaban J connectivity index is 2.16. The van der Waals surface area contributed by atoms with Crippen LogP contribution < -0.4 is 5.73 Å². The summed E-state index contributed by atoms with van der Waals surface area (Å²) in [6, 6.07) is 5.21. The average Bonchev–Trinajstić information content (AvgIpc) is 2.94. The van der Waals surface area contributed by atoms with Crippen LogP contribution in [0.2, 0.25) is 0 Å². The summed E-state index contributed by atoms with van der Waals surface area (Å²) >= 11 is 0. The van der Waals surface area contributed by atoms with Crippen molar-refractivity contribution in [2.75, 3.05) is 20.3 Å². The van der Waals surface area contributed by atoms with E-state index in [0.717, 1.165) is 13.0 Å². The molecule has 0 aliphatic carbocycles. The van der Waals surface area contributed by atoms with Gasteiger partial charge in [0.15, 0.2) is 5.84 Å². The molecule has 1 aromatic carbocycles. The van der Waals surface area contributed by atoms with Crippen LogP contribution >= 0.6 is 0 Å². The molecule has 0 aromatic heterocycles. The molecule has 0 amide bonds. The van der Waals surface area contributed by atoms with Crippen LogP contribution in [0.5, 0.6) is 0 Å². The summed E-state index contributed by atoms with van der Waals surface area (Å²) in [5.74, 6) is -0.658. The van der Waals surface area contributed by atoms with Gasteiger partial charge in [0.2, 0.25) is 0 Å². The molecule has 2 rings (SSSR count). The van der Waals surface area contributed by atoms with Crippen LogP contribution in [-0.2, 0) is 11.3 Å². The lowest BCUT2D eigenvalue weighted by molar-refractivity contribution is 0.155. The molecule has 1 heterocycles. The molecule has 0 radical (unpaired) electrons. The van der Waals surface area contributed by atoms with Gasteiger partial charge < -0.3 is 15.7 Å². The summed E-state index contributed by atoms with van der Waals surface area (Å²) in [4.78, 5) is 2.06. The number of amidine groups is 1. The van der Waals surface area contributed by atoms with Crippen molar-refractivity contribution in [3.05, 3.63) is 35.1 Å². The minimum atomic E-state index is -0.441. The van der Waals surface area contributed by atoms with Crippen LogP contribution in [0.1, 0.15) is 17.5 Å². The van der Waals surface area contributed by atoms with Gasteiger partial charge in [-0.15, -0.1) is 0 Å². The number of halogens is 1. The predicted molar refractivity (Wildman–Crippen MR) is 69.6 cm³/mol. The van der Waals surface area contributed by atoms with E-state index in [1.54, 1.807) is 12.1 Å². The Morgan fingerprint density at radius 1 is 1.63 bits per heavy atom. The number of oxime groups is 1. The number of hydrogen-bond acceptors (Lipinski definition) is 4. The normalized spacial score (nSPS) is 20.2. The Morgan fingerprint density at radius 2 is 2.42 bits per heavy atom. The summed E-state index contributed by atoms with van der Waals surface area (Å²) in [6.45, 7) is 1.89. The Hall–Kier alpha value is -1.66. The minimum Gasteiger partial charge on any atom is -0.409 e. The number of rotatable bonds is 4. The van der Waals surface area contributed by atoms with Gasteiger partial charge in [0.25, 0.3) is 0 Å². The molecule has 1 atom stereocenters. The zero-order valence-electron chi connectivity index (χ0n) is 10.8. The molecular weight excluding hydrogens is 249 g/mol. The number of nitrogens with two attached hydrogens (primary N) is 1. The van der Waals surface area contributed by atoms with Crippen molar-refractivity contribution in [3.8, 4) is 0 Å². The Labute approximate surface area is 111 Å². The van der Waals surface area contributed by atoms with E-state index in [1.165, 1.54) is 6.07 Å². The number of benzene rings is 1. The van der Waals surface area contributed by atoms with Gasteiger partial charge in [-0.25, -0.2) is 4.39 Å². The molecule has 1 aliphatic heterocycles. The molecule has 1 saturated heterocycles. The second-order valence-corrected chi connectivity index (χ2v) is 4.70. The number of hydrogen-bond donors (Lipinski definition) is 2. The lowest BCUT2D eigenvalue weighted by Gasteiger charge is -2.23. The Morgan fingerprint density at radius 3 is 3.05 bits per heavy atom. The van der Waals surface area contributed by atoms with E-state index in [1.807, 2.05) is 7.05 Å². The zero-order valence-corrected chi connectivity index (χ0v) is 10.8. The van der Waals surface area contributed by atoms with E-state index < -0.39 is 5.82 Å². The summed E-state index contributed by atoms with van der Waals surface area (Å²) in [5, 5.41) is 11.5. The molecule has 3 N–H and O–H groups in total. The first kappa shape index (κ1) is 13.8. The van der Waals surface area contributed by atoms with Crippen LogP contribution in [0, 0.1) is 5.82 Å². The van der Waals surface area contributed by atoms with Crippen molar-refractivity contribution >= 4 is 5.84 Å². The fraction of sp³-hybridized carbons (Fsp3) is 0.462. The van der Waals surface area contributed by atoms with Gasteiger partial charge >= 0.3 is 0 Å². The van der Waals surface area contributed by atoms with Gasteiger partial charge in [-0.3, -0.25) is 4.90 Å². The van der Waals surface area contributed by atoms with Crippen LogP contribution in [0.3, 0.4) is 0 Å². The maximum Gasteiger partial charge on any atom is 0.173 e. The molecule has 0 bridgehead atoms. The monoisotopic (exact) mass is 267 g/mol. The maximum absolute atomic E-state index is 14.2. The van der Waals surface area contributed by atoms with Crippen LogP contribution in [-0.4, -0.2) is 42.2 Å². The molecule has 5 nitrogen and oxygen atoms in total. The zero-order chi connectivity index (χ0) is 13.8. The van der Waals surface area contributed by atoms with E-state index in [-0.39, 0.29) is 11.4 Å². The number of ether oxygens (including phenoxy) is 1. The lowest BCUT2D eigenvalue weighted by Crippen LogP contribution is -2.32. The molecule has 1 unspecified atom stereocenters. The van der Waals surface area contributed by atoms with Crippen molar-refractivity contribution in [1.29, 1.82) is 0 Å². The smallest absolute Gasteiger partial charge is 0.173 e. The van der Waals surface area contributed by atoms with Crippen molar-refractivity contribution in [1.82, 2.24) is 4.90 Å². The van der Waals surface area contributed by atoms with E-state index in [4.69, 9.17) is 15.7 Å². The van der Waals surface area contributed by atoms with E-state index in [9.17, 15) is 4.39 Å². The topological polar surface area (TPSA) is 71.1 Å². The summed E-state index contributed by atoms with van der Waals surface area (Å²) < 4.78 is 19.5. The first-order valence-corrected chi connectivity index (χ1v) is 6.16. The van der Waals surface area contributed by atoms with Crippen LogP contribution in [0.15, 0.2) is 23.4 Å². The molecule has 1 fully saturated rings. The molecular formula is C13H18FN3O2. The fourth-order valence-corrected chi connectivity index (χ4v) is 2.22. The average molecular weight is 267 g/mol. The largest absolute Gasteiger partial charge is 0.409 e. The van der Waals surface area contributed by atoms with Crippen LogP contribution in [0.4, 0.5) is 4.39 Å². The number of likely N-dealkylation sites (N-methyl/N-ethyl adjacent to an activating group) is 1. The first-order chi connectivity index (χ1) is 9.13. The lowest BCUT2D eigenvalue weighted by atomic mass is 10.1. The highest BCUT2D eigenvalue weighted by Gasteiger charge is 2.21. The van der Waals surface area contributed by atoms with Gasteiger partial charge in [0.1, 0.15) is 5.82 Å². The summed E-state index contributed by atoms with van der Waals surface area (Å²) in [6.07, 6.45) is 0.956. The molecule has 0 saturated carbocycles. The summed E-state index contributed by atoms with van der Waals surface area (Å²) in [5.41, 5.74) is 6.09. The van der Waals surface area contributed by atoms with Crippen molar-refractivity contribution in [2.24, 2.45) is 10.9 Å².